The number of hydrogen-bond acceptors (Lipinski definition) is 6. The van der Waals surface area contributed by atoms with Crippen molar-refractivity contribution in [2.45, 2.75) is 52.1 Å². The van der Waals surface area contributed by atoms with Gasteiger partial charge in [-0.3, -0.25) is 19.1 Å². The molecule has 10 heteroatoms. The molecule has 1 aliphatic carbocycles. The van der Waals surface area contributed by atoms with Gasteiger partial charge in [-0.05, 0) is 25.3 Å². The molecule has 4 rings (SSSR count). The third kappa shape index (κ3) is 4.84. The van der Waals surface area contributed by atoms with Crippen molar-refractivity contribution in [2.24, 2.45) is 5.92 Å². The standard InChI is InChI=1S/C22H30N6O4/c1-15-12-24-27(13-15)14-17-11-19(25-32-17)22(31)26-8-7-23-21(30)18-5-3-4-6-20(18)28(10-9-26)16(2)29/h11-13,18,20H,3-10,14H2,1-2H3,(H,23,30)/t18-,20+/m0/s1. The van der Waals surface area contributed by atoms with E-state index >= 15 is 0 Å². The predicted molar refractivity (Wildman–Crippen MR) is 115 cm³/mol. The number of fused-ring (bicyclic) bond motifs is 1. The maximum atomic E-state index is 13.1. The maximum Gasteiger partial charge on any atom is 0.276 e. The predicted octanol–water partition coefficient (Wildman–Crippen LogP) is 1.21. The van der Waals surface area contributed by atoms with E-state index in [4.69, 9.17) is 4.52 Å². The fraction of sp³-hybridized carbons (Fsp3) is 0.591. The van der Waals surface area contributed by atoms with Gasteiger partial charge in [0.1, 0.15) is 6.54 Å². The van der Waals surface area contributed by atoms with E-state index in [1.54, 1.807) is 26.7 Å². The molecule has 32 heavy (non-hydrogen) atoms. The molecule has 0 spiro atoms. The number of hydrogen-bond donors (Lipinski definition) is 1. The first kappa shape index (κ1) is 22.0. The van der Waals surface area contributed by atoms with Crippen molar-refractivity contribution in [1.29, 1.82) is 0 Å². The quantitative estimate of drug-likeness (QED) is 0.764. The molecular weight excluding hydrogens is 412 g/mol. The molecule has 3 heterocycles. The van der Waals surface area contributed by atoms with Gasteiger partial charge in [0, 0.05) is 51.4 Å². The molecule has 3 amide bonds. The molecular formula is C22H30N6O4. The maximum absolute atomic E-state index is 13.1. The molecule has 2 fully saturated rings. The minimum Gasteiger partial charge on any atom is -0.359 e. The molecule has 10 nitrogen and oxygen atoms in total. The number of amides is 3. The van der Waals surface area contributed by atoms with Gasteiger partial charge in [0.25, 0.3) is 5.91 Å². The van der Waals surface area contributed by atoms with Crippen LogP contribution >= 0.6 is 0 Å². The van der Waals surface area contributed by atoms with Gasteiger partial charge in [0.2, 0.25) is 11.8 Å². The van der Waals surface area contributed by atoms with Crippen molar-refractivity contribution in [3.63, 3.8) is 0 Å². The number of nitrogens with one attached hydrogen (secondary N) is 1. The Morgan fingerprint density at radius 2 is 2.03 bits per heavy atom. The van der Waals surface area contributed by atoms with Gasteiger partial charge >= 0.3 is 0 Å². The van der Waals surface area contributed by atoms with Crippen LogP contribution in [0.3, 0.4) is 0 Å². The summed E-state index contributed by atoms with van der Waals surface area (Å²) in [5.74, 6) is -0.0373. The Hall–Kier alpha value is -3.17. The van der Waals surface area contributed by atoms with Crippen LogP contribution in [0, 0.1) is 12.8 Å². The molecule has 2 atom stereocenters. The lowest BCUT2D eigenvalue weighted by atomic mass is 9.82. The minimum atomic E-state index is -0.282. The second kappa shape index (κ2) is 9.54. The van der Waals surface area contributed by atoms with E-state index in [2.05, 4.69) is 15.6 Å². The minimum absolute atomic E-state index is 0.0338. The van der Waals surface area contributed by atoms with Crippen LogP contribution in [0.25, 0.3) is 0 Å². The van der Waals surface area contributed by atoms with Gasteiger partial charge in [-0.15, -0.1) is 0 Å². The summed E-state index contributed by atoms with van der Waals surface area (Å²) in [5, 5.41) is 11.1. The van der Waals surface area contributed by atoms with Gasteiger partial charge in [-0.1, -0.05) is 18.0 Å². The molecule has 0 unspecified atom stereocenters. The van der Waals surface area contributed by atoms with Gasteiger partial charge in [0.05, 0.1) is 12.1 Å². The zero-order valence-electron chi connectivity index (χ0n) is 18.6. The Morgan fingerprint density at radius 1 is 1.22 bits per heavy atom. The first-order valence-electron chi connectivity index (χ1n) is 11.2. The van der Waals surface area contributed by atoms with Crippen molar-refractivity contribution >= 4 is 17.7 Å². The van der Waals surface area contributed by atoms with Gasteiger partial charge in [-0.25, -0.2) is 0 Å². The van der Waals surface area contributed by atoms with Crippen molar-refractivity contribution in [3.05, 3.63) is 35.5 Å². The number of carbonyl (C=O) groups is 3. The summed E-state index contributed by atoms with van der Waals surface area (Å²) in [6.07, 6.45) is 7.23. The molecule has 1 aliphatic heterocycles. The first-order valence-corrected chi connectivity index (χ1v) is 11.2. The second-order valence-electron chi connectivity index (χ2n) is 8.65. The Kier molecular flexibility index (Phi) is 6.57. The van der Waals surface area contributed by atoms with Crippen LogP contribution in [-0.2, 0) is 16.1 Å². The normalized spacial score (nSPS) is 22.2. The average Bonchev–Trinajstić information content (AvgIpc) is 3.41. The third-order valence-electron chi connectivity index (χ3n) is 6.31. The number of carbonyl (C=O) groups excluding carboxylic acids is 3. The molecule has 0 aromatic carbocycles. The number of aryl methyl sites for hydroxylation is 1. The molecule has 1 saturated heterocycles. The van der Waals surface area contributed by atoms with Crippen molar-refractivity contribution in [3.8, 4) is 0 Å². The molecule has 0 radical (unpaired) electrons. The van der Waals surface area contributed by atoms with E-state index in [-0.39, 0.29) is 35.4 Å². The summed E-state index contributed by atoms with van der Waals surface area (Å²) in [4.78, 5) is 41.7. The topological polar surface area (TPSA) is 114 Å². The smallest absolute Gasteiger partial charge is 0.276 e. The highest BCUT2D eigenvalue weighted by Gasteiger charge is 2.37. The summed E-state index contributed by atoms with van der Waals surface area (Å²) in [6, 6.07) is 1.50. The summed E-state index contributed by atoms with van der Waals surface area (Å²) < 4.78 is 7.06. The van der Waals surface area contributed by atoms with E-state index in [1.165, 1.54) is 6.92 Å². The van der Waals surface area contributed by atoms with Crippen LogP contribution in [-0.4, -0.2) is 74.7 Å². The van der Waals surface area contributed by atoms with Crippen LogP contribution in [0.2, 0.25) is 0 Å². The van der Waals surface area contributed by atoms with E-state index in [9.17, 15) is 14.4 Å². The van der Waals surface area contributed by atoms with Crippen molar-refractivity contribution in [1.82, 2.24) is 30.1 Å². The van der Waals surface area contributed by atoms with E-state index in [0.717, 1.165) is 31.2 Å². The molecule has 1 saturated carbocycles. The van der Waals surface area contributed by atoms with Crippen LogP contribution in [0.5, 0.6) is 0 Å². The zero-order valence-corrected chi connectivity index (χ0v) is 18.6. The van der Waals surface area contributed by atoms with Crippen LogP contribution in [0.4, 0.5) is 0 Å². The molecule has 0 bridgehead atoms. The lowest BCUT2D eigenvalue weighted by Crippen LogP contribution is -2.55. The lowest BCUT2D eigenvalue weighted by Gasteiger charge is -2.40. The summed E-state index contributed by atoms with van der Waals surface area (Å²) in [5.41, 5.74) is 1.24. The highest BCUT2D eigenvalue weighted by Crippen LogP contribution is 2.29. The first-order chi connectivity index (χ1) is 15.4. The Morgan fingerprint density at radius 3 is 2.78 bits per heavy atom. The number of nitrogens with zero attached hydrogens (tertiary/aromatic N) is 5. The SMILES string of the molecule is CC(=O)N1CCN(C(=O)c2cc(Cn3cc(C)cn3)on2)CCNC(=O)[C@H]2CCCC[C@H]21. The fourth-order valence-electron chi connectivity index (χ4n) is 4.70. The molecule has 2 aromatic rings. The third-order valence-corrected chi connectivity index (χ3v) is 6.31. The van der Waals surface area contributed by atoms with E-state index in [0.29, 0.717) is 38.5 Å². The average molecular weight is 443 g/mol. The van der Waals surface area contributed by atoms with Crippen molar-refractivity contribution < 1.29 is 18.9 Å². The molecule has 1 N–H and O–H groups in total. The van der Waals surface area contributed by atoms with Gasteiger partial charge in [-0.2, -0.15) is 5.10 Å². The number of aromatic nitrogens is 3. The molecule has 2 aliphatic rings. The number of rotatable bonds is 3. The Labute approximate surface area is 186 Å². The van der Waals surface area contributed by atoms with E-state index in [1.807, 2.05) is 13.1 Å². The highest BCUT2D eigenvalue weighted by atomic mass is 16.5. The largest absolute Gasteiger partial charge is 0.359 e. The molecule has 172 valence electrons. The highest BCUT2D eigenvalue weighted by molar-refractivity contribution is 5.92. The van der Waals surface area contributed by atoms with Crippen LogP contribution in [0.15, 0.2) is 23.0 Å². The van der Waals surface area contributed by atoms with Gasteiger partial charge in [0.15, 0.2) is 11.5 Å². The van der Waals surface area contributed by atoms with Gasteiger partial charge < -0.3 is 19.6 Å². The van der Waals surface area contributed by atoms with Crippen LogP contribution in [0.1, 0.15) is 54.4 Å². The summed E-state index contributed by atoms with van der Waals surface area (Å²) in [7, 11) is 0. The summed E-state index contributed by atoms with van der Waals surface area (Å²) >= 11 is 0. The summed E-state index contributed by atoms with van der Waals surface area (Å²) in [6.45, 7) is 5.34. The van der Waals surface area contributed by atoms with Crippen LogP contribution < -0.4 is 5.32 Å². The Bertz CT molecular complexity index is 983. The Balaban J connectivity index is 1.48. The second-order valence-corrected chi connectivity index (χ2v) is 8.65. The lowest BCUT2D eigenvalue weighted by molar-refractivity contribution is -0.137. The fourth-order valence-corrected chi connectivity index (χ4v) is 4.70. The zero-order chi connectivity index (χ0) is 22.7. The molecule has 2 aromatic heterocycles. The van der Waals surface area contributed by atoms with Crippen molar-refractivity contribution in [2.75, 3.05) is 26.2 Å². The monoisotopic (exact) mass is 442 g/mol. The van der Waals surface area contributed by atoms with E-state index < -0.39 is 0 Å².